The predicted octanol–water partition coefficient (Wildman–Crippen LogP) is 24.7. The van der Waals surface area contributed by atoms with Crippen LogP contribution < -0.4 is 0 Å². The van der Waals surface area contributed by atoms with Crippen molar-refractivity contribution in [1.82, 2.24) is 0 Å². The summed E-state index contributed by atoms with van der Waals surface area (Å²) in [4.78, 5) is 38.3. The number of carbonyl (C=O) groups is 3. The van der Waals surface area contributed by atoms with Gasteiger partial charge in [-0.3, -0.25) is 14.4 Å². The molecule has 0 saturated carbocycles. The van der Waals surface area contributed by atoms with E-state index in [1.165, 1.54) is 295 Å². The van der Waals surface area contributed by atoms with Gasteiger partial charge in [0.15, 0.2) is 6.10 Å². The van der Waals surface area contributed by atoms with E-state index >= 15 is 0 Å². The van der Waals surface area contributed by atoms with Gasteiger partial charge in [0.2, 0.25) is 0 Å². The van der Waals surface area contributed by atoms with Crippen molar-refractivity contribution in [1.29, 1.82) is 0 Å². The zero-order valence-electron chi connectivity index (χ0n) is 54.1. The van der Waals surface area contributed by atoms with Crippen LogP contribution in [-0.2, 0) is 28.6 Å². The lowest BCUT2D eigenvalue weighted by Gasteiger charge is -2.18. The third kappa shape index (κ3) is 66.4. The summed E-state index contributed by atoms with van der Waals surface area (Å²) in [5.74, 6) is -0.847. The van der Waals surface area contributed by atoms with E-state index in [1.54, 1.807) is 0 Å². The molecule has 6 heteroatoms. The molecule has 0 aromatic heterocycles. The Morgan fingerprint density at radius 1 is 0.250 bits per heavy atom. The molecule has 0 fully saturated rings. The average Bonchev–Trinajstić information content (AvgIpc) is 3.46. The summed E-state index contributed by atoms with van der Waals surface area (Å²) < 4.78 is 16.9. The van der Waals surface area contributed by atoms with Crippen LogP contribution in [-0.4, -0.2) is 37.2 Å². The third-order valence-corrected chi connectivity index (χ3v) is 16.4. The molecule has 0 amide bonds. The van der Waals surface area contributed by atoms with Crippen molar-refractivity contribution < 1.29 is 28.6 Å². The lowest BCUT2D eigenvalue weighted by Crippen LogP contribution is -2.30. The normalized spacial score (nSPS) is 12.2. The Morgan fingerprint density at radius 2 is 0.450 bits per heavy atom. The molecule has 0 bridgehead atoms. The first kappa shape index (κ1) is 77.6. The Morgan fingerprint density at radius 3 is 0.725 bits per heavy atom. The molecular formula is C74H138O6. The first-order valence-electron chi connectivity index (χ1n) is 36.0. The molecule has 0 heterocycles. The fourth-order valence-electron chi connectivity index (χ4n) is 10.9. The van der Waals surface area contributed by atoms with Crippen LogP contribution in [0.15, 0.2) is 36.5 Å². The van der Waals surface area contributed by atoms with Crippen molar-refractivity contribution >= 4 is 17.9 Å². The van der Waals surface area contributed by atoms with E-state index in [1.807, 2.05) is 0 Å². The Balaban J connectivity index is 4.05. The summed E-state index contributed by atoms with van der Waals surface area (Å²) in [6, 6.07) is 0. The zero-order valence-corrected chi connectivity index (χ0v) is 54.1. The second-order valence-corrected chi connectivity index (χ2v) is 24.5. The number of allylic oxidation sites excluding steroid dienone is 6. The zero-order chi connectivity index (χ0) is 57.8. The van der Waals surface area contributed by atoms with Gasteiger partial charge in [-0.05, 0) is 77.0 Å². The summed E-state index contributed by atoms with van der Waals surface area (Å²) in [5.41, 5.74) is 0. The highest BCUT2D eigenvalue weighted by Gasteiger charge is 2.19. The lowest BCUT2D eigenvalue weighted by atomic mass is 10.0. The highest BCUT2D eigenvalue weighted by atomic mass is 16.6. The maximum absolute atomic E-state index is 12.9. The minimum absolute atomic E-state index is 0.0682. The molecule has 0 aliphatic heterocycles. The van der Waals surface area contributed by atoms with Crippen LogP contribution in [0.3, 0.4) is 0 Å². The van der Waals surface area contributed by atoms with Gasteiger partial charge in [-0.25, -0.2) is 0 Å². The number of hydrogen-bond acceptors (Lipinski definition) is 6. The molecule has 0 saturated heterocycles. The average molecular weight is 1120 g/mol. The summed E-state index contributed by atoms with van der Waals surface area (Å²) >= 11 is 0. The molecule has 1 atom stereocenters. The van der Waals surface area contributed by atoms with Crippen LogP contribution in [0.5, 0.6) is 0 Å². The minimum atomic E-state index is -0.771. The molecule has 0 aliphatic carbocycles. The number of hydrogen-bond donors (Lipinski definition) is 0. The lowest BCUT2D eigenvalue weighted by molar-refractivity contribution is -0.167. The fraction of sp³-hybridized carbons (Fsp3) is 0.878. The van der Waals surface area contributed by atoms with Crippen LogP contribution in [0, 0.1) is 0 Å². The second kappa shape index (κ2) is 69.1. The van der Waals surface area contributed by atoms with E-state index in [0.29, 0.717) is 19.3 Å². The van der Waals surface area contributed by atoms with Gasteiger partial charge in [0, 0.05) is 19.3 Å². The van der Waals surface area contributed by atoms with Crippen molar-refractivity contribution in [3.05, 3.63) is 36.5 Å². The largest absolute Gasteiger partial charge is 0.462 e. The molecule has 1 unspecified atom stereocenters. The molecule has 470 valence electrons. The van der Waals surface area contributed by atoms with Gasteiger partial charge in [-0.2, -0.15) is 0 Å². The first-order chi connectivity index (χ1) is 39.5. The quantitative estimate of drug-likeness (QED) is 0.0261. The molecule has 80 heavy (non-hydrogen) atoms. The number of rotatable bonds is 67. The SMILES string of the molecule is CCCCC/C=C\C/C=C\CCCCCCCCCCCC(=O)OC(COC(=O)CCCCCCCCCCCC)COC(=O)CCCCCCCCCCCCCCCCCCCCCCC/C=C\CCCCCCCCCC. The monoisotopic (exact) mass is 1120 g/mol. The number of esters is 3. The van der Waals surface area contributed by atoms with Gasteiger partial charge in [0.25, 0.3) is 0 Å². The van der Waals surface area contributed by atoms with Gasteiger partial charge < -0.3 is 14.2 Å². The van der Waals surface area contributed by atoms with Gasteiger partial charge in [0.1, 0.15) is 13.2 Å². The van der Waals surface area contributed by atoms with Crippen molar-refractivity contribution in [2.45, 2.75) is 406 Å². The molecule has 0 aromatic carbocycles. The first-order valence-corrected chi connectivity index (χ1v) is 36.0. The maximum Gasteiger partial charge on any atom is 0.306 e. The van der Waals surface area contributed by atoms with E-state index in [-0.39, 0.29) is 31.1 Å². The number of ether oxygens (including phenoxy) is 3. The molecule has 0 aliphatic rings. The minimum Gasteiger partial charge on any atom is -0.462 e. The summed E-state index contributed by atoms with van der Waals surface area (Å²) in [6.45, 7) is 6.66. The topological polar surface area (TPSA) is 78.9 Å². The third-order valence-electron chi connectivity index (χ3n) is 16.4. The van der Waals surface area contributed by atoms with E-state index in [0.717, 1.165) is 64.2 Å². The number of unbranched alkanes of at least 4 members (excludes halogenated alkanes) is 50. The number of carbonyl (C=O) groups excluding carboxylic acids is 3. The van der Waals surface area contributed by atoms with Crippen LogP contribution in [0.2, 0.25) is 0 Å². The smallest absolute Gasteiger partial charge is 0.306 e. The Bertz CT molecular complexity index is 1340. The van der Waals surface area contributed by atoms with Crippen LogP contribution >= 0.6 is 0 Å². The van der Waals surface area contributed by atoms with Gasteiger partial charge in [-0.15, -0.1) is 0 Å². The van der Waals surface area contributed by atoms with Crippen molar-refractivity contribution in [2.24, 2.45) is 0 Å². The van der Waals surface area contributed by atoms with Gasteiger partial charge >= 0.3 is 17.9 Å². The molecule has 0 radical (unpaired) electrons. The van der Waals surface area contributed by atoms with Crippen LogP contribution in [0.1, 0.15) is 400 Å². The van der Waals surface area contributed by atoms with Gasteiger partial charge in [-0.1, -0.05) is 340 Å². The van der Waals surface area contributed by atoms with E-state index in [4.69, 9.17) is 14.2 Å². The molecule has 0 spiro atoms. The van der Waals surface area contributed by atoms with E-state index < -0.39 is 6.10 Å². The second-order valence-electron chi connectivity index (χ2n) is 24.5. The Kier molecular flexibility index (Phi) is 67.1. The maximum atomic E-state index is 12.9. The highest BCUT2D eigenvalue weighted by Crippen LogP contribution is 2.19. The van der Waals surface area contributed by atoms with Crippen molar-refractivity contribution in [3.63, 3.8) is 0 Å². The fourth-order valence-corrected chi connectivity index (χ4v) is 10.9. The van der Waals surface area contributed by atoms with E-state index in [9.17, 15) is 14.4 Å². The molecule has 0 aromatic rings. The molecular weight excluding hydrogens is 985 g/mol. The molecule has 6 nitrogen and oxygen atoms in total. The molecule has 0 N–H and O–H groups in total. The van der Waals surface area contributed by atoms with E-state index in [2.05, 4.69) is 57.2 Å². The van der Waals surface area contributed by atoms with Gasteiger partial charge in [0.05, 0.1) is 0 Å². The van der Waals surface area contributed by atoms with Crippen molar-refractivity contribution in [2.75, 3.05) is 13.2 Å². The van der Waals surface area contributed by atoms with Crippen molar-refractivity contribution in [3.8, 4) is 0 Å². The summed E-state index contributed by atoms with van der Waals surface area (Å²) in [6.07, 6.45) is 86.3. The Labute approximate surface area is 499 Å². The predicted molar refractivity (Wildman–Crippen MR) is 349 cm³/mol. The standard InChI is InChI=1S/C74H138O6/c1-4-7-10-13-16-19-22-24-26-28-30-31-32-33-34-35-36-37-38-39-40-41-42-43-45-46-48-50-52-55-58-61-64-67-73(76)79-70-71(69-78-72(75)66-63-60-57-54-21-18-15-12-9-6-3)80-74(77)68-65-62-59-56-53-51-49-47-44-29-27-25-23-20-17-14-11-8-5-2/h17,20,25,27-28,30,71H,4-16,18-19,21-24,26,29,31-70H2,1-3H3/b20-17-,27-25-,30-28-. The van der Waals surface area contributed by atoms with Crippen LogP contribution in [0.25, 0.3) is 0 Å². The van der Waals surface area contributed by atoms with Crippen LogP contribution in [0.4, 0.5) is 0 Å². The molecule has 0 rings (SSSR count). The highest BCUT2D eigenvalue weighted by molar-refractivity contribution is 5.71. The summed E-state index contributed by atoms with van der Waals surface area (Å²) in [5, 5.41) is 0. The Hall–Kier alpha value is -2.37. The summed E-state index contributed by atoms with van der Waals surface area (Å²) in [7, 11) is 0.